The first-order chi connectivity index (χ1) is 5.36. The zero-order chi connectivity index (χ0) is 7.68. The number of pyridine rings is 1. The van der Waals surface area contributed by atoms with Crippen LogP contribution in [0.25, 0.3) is 0 Å². The van der Waals surface area contributed by atoms with Crippen molar-refractivity contribution < 1.29 is 0 Å². The summed E-state index contributed by atoms with van der Waals surface area (Å²) in [5.74, 6) is 1.55. The molecule has 1 saturated carbocycles. The van der Waals surface area contributed by atoms with E-state index in [1.165, 1.54) is 24.8 Å². The lowest BCUT2D eigenvalue weighted by Gasteiger charge is -2.24. The van der Waals surface area contributed by atoms with Crippen LogP contribution in [0.5, 0.6) is 0 Å². The Hall–Kier alpha value is -0.370. The van der Waals surface area contributed by atoms with Gasteiger partial charge in [-0.3, -0.25) is 4.98 Å². The summed E-state index contributed by atoms with van der Waals surface area (Å²) in [5, 5.41) is 0. The second-order valence-corrected chi connectivity index (χ2v) is 3.76. The lowest BCUT2D eigenvalue weighted by atomic mass is 9.81. The molecule has 11 heavy (non-hydrogen) atoms. The van der Waals surface area contributed by atoms with Gasteiger partial charge in [0, 0.05) is 22.8 Å². The van der Waals surface area contributed by atoms with E-state index in [9.17, 15) is 0 Å². The Balaban J connectivity index is 2.23. The van der Waals surface area contributed by atoms with E-state index in [0.29, 0.717) is 0 Å². The van der Waals surface area contributed by atoms with E-state index >= 15 is 0 Å². The molecular formula is C9H9BrN. The molecule has 2 rings (SSSR count). The van der Waals surface area contributed by atoms with Crippen LogP contribution in [-0.2, 0) is 0 Å². The number of rotatable bonds is 1. The number of aromatic nitrogens is 1. The Bertz CT molecular complexity index is 255. The fraction of sp³-hybridized carbons (Fsp3) is 0.333. The van der Waals surface area contributed by atoms with Gasteiger partial charge in [-0.05, 0) is 40.4 Å². The van der Waals surface area contributed by atoms with Gasteiger partial charge in [-0.15, -0.1) is 0 Å². The smallest absolute Gasteiger partial charge is 0.0410 e. The van der Waals surface area contributed by atoms with Crippen LogP contribution < -0.4 is 0 Å². The second kappa shape index (κ2) is 2.94. The van der Waals surface area contributed by atoms with Crippen molar-refractivity contribution in [3.05, 3.63) is 34.4 Å². The van der Waals surface area contributed by atoms with Crippen LogP contribution in [0.4, 0.5) is 0 Å². The predicted molar refractivity (Wildman–Crippen MR) is 48.1 cm³/mol. The van der Waals surface area contributed by atoms with E-state index in [0.717, 1.165) is 4.47 Å². The third kappa shape index (κ3) is 1.45. The molecule has 0 saturated heterocycles. The highest BCUT2D eigenvalue weighted by molar-refractivity contribution is 9.10. The third-order valence-electron chi connectivity index (χ3n) is 2.07. The molecule has 57 valence electrons. The fourth-order valence-corrected chi connectivity index (χ4v) is 1.61. The van der Waals surface area contributed by atoms with Crippen molar-refractivity contribution in [3.63, 3.8) is 0 Å². The van der Waals surface area contributed by atoms with Crippen LogP contribution in [0.2, 0.25) is 0 Å². The van der Waals surface area contributed by atoms with Crippen molar-refractivity contribution in [2.75, 3.05) is 0 Å². The third-order valence-corrected chi connectivity index (χ3v) is 2.50. The summed E-state index contributed by atoms with van der Waals surface area (Å²) in [6.07, 6.45) is 7.64. The van der Waals surface area contributed by atoms with Crippen LogP contribution in [0.3, 0.4) is 0 Å². The summed E-state index contributed by atoms with van der Waals surface area (Å²) in [4.78, 5) is 4.12. The van der Waals surface area contributed by atoms with Crippen molar-refractivity contribution >= 4 is 15.9 Å². The van der Waals surface area contributed by atoms with Crippen molar-refractivity contribution in [1.29, 1.82) is 0 Å². The minimum absolute atomic E-state index is 1.08. The molecule has 0 aromatic carbocycles. The number of hydrogen-bond acceptors (Lipinski definition) is 1. The van der Waals surface area contributed by atoms with Crippen molar-refractivity contribution in [3.8, 4) is 0 Å². The van der Waals surface area contributed by atoms with Crippen LogP contribution in [0.15, 0.2) is 22.9 Å². The van der Waals surface area contributed by atoms with Crippen molar-refractivity contribution in [2.45, 2.75) is 19.3 Å². The first kappa shape index (κ1) is 7.29. The van der Waals surface area contributed by atoms with Gasteiger partial charge in [-0.1, -0.05) is 6.42 Å². The quantitative estimate of drug-likeness (QED) is 0.695. The molecule has 1 aromatic heterocycles. The van der Waals surface area contributed by atoms with Gasteiger partial charge in [-0.2, -0.15) is 0 Å². The Morgan fingerprint density at radius 3 is 2.64 bits per heavy atom. The van der Waals surface area contributed by atoms with Crippen molar-refractivity contribution in [1.82, 2.24) is 4.98 Å². The molecule has 0 spiro atoms. The number of nitrogens with zero attached hydrogens (tertiary/aromatic N) is 1. The van der Waals surface area contributed by atoms with Gasteiger partial charge >= 0.3 is 0 Å². The van der Waals surface area contributed by atoms with Crippen LogP contribution in [-0.4, -0.2) is 4.98 Å². The van der Waals surface area contributed by atoms with Crippen LogP contribution in [0.1, 0.15) is 24.8 Å². The monoisotopic (exact) mass is 210 g/mol. The second-order valence-electron chi connectivity index (χ2n) is 2.85. The minimum atomic E-state index is 1.08. The fourth-order valence-electron chi connectivity index (χ4n) is 1.25. The van der Waals surface area contributed by atoms with Crippen LogP contribution >= 0.6 is 15.9 Å². The van der Waals surface area contributed by atoms with E-state index < -0.39 is 0 Å². The zero-order valence-corrected chi connectivity index (χ0v) is 7.76. The maximum atomic E-state index is 4.12. The lowest BCUT2D eigenvalue weighted by molar-refractivity contribution is 0.576. The van der Waals surface area contributed by atoms with Crippen LogP contribution in [0, 0.1) is 5.92 Å². The highest BCUT2D eigenvalue weighted by Gasteiger charge is 2.20. The molecule has 1 aliphatic carbocycles. The summed E-state index contributed by atoms with van der Waals surface area (Å²) in [6.45, 7) is 0. The van der Waals surface area contributed by atoms with E-state index in [1.54, 1.807) is 5.92 Å². The average Bonchev–Trinajstić information content (AvgIpc) is 1.83. The molecule has 1 fully saturated rings. The lowest BCUT2D eigenvalue weighted by Crippen LogP contribution is -2.09. The molecule has 0 unspecified atom stereocenters. The summed E-state index contributed by atoms with van der Waals surface area (Å²) in [5.41, 5.74) is 1.31. The Kier molecular flexibility index (Phi) is 1.95. The highest BCUT2D eigenvalue weighted by Crippen LogP contribution is 2.35. The molecule has 0 N–H and O–H groups in total. The van der Waals surface area contributed by atoms with Gasteiger partial charge in [0.25, 0.3) is 0 Å². The van der Waals surface area contributed by atoms with Crippen molar-refractivity contribution in [2.24, 2.45) is 0 Å². The molecular weight excluding hydrogens is 202 g/mol. The van der Waals surface area contributed by atoms with E-state index in [-0.39, 0.29) is 0 Å². The molecule has 1 radical (unpaired) electrons. The zero-order valence-electron chi connectivity index (χ0n) is 6.18. The standard InChI is InChI=1S/C9H9BrN/c10-9-4-8(5-11-6-9)7-2-1-3-7/h4-6H,1-3H2. The number of hydrogen-bond donors (Lipinski definition) is 0. The van der Waals surface area contributed by atoms with E-state index in [2.05, 4.69) is 27.0 Å². The summed E-state index contributed by atoms with van der Waals surface area (Å²) in [7, 11) is 0. The SMILES string of the molecule is Brc1cncc([C]2CCC2)c1. The first-order valence-electron chi connectivity index (χ1n) is 3.82. The Morgan fingerprint density at radius 1 is 1.27 bits per heavy atom. The molecule has 0 bridgehead atoms. The summed E-state index contributed by atoms with van der Waals surface area (Å²) >= 11 is 3.41. The predicted octanol–water partition coefficient (Wildman–Crippen LogP) is 2.95. The largest absolute Gasteiger partial charge is 0.263 e. The maximum Gasteiger partial charge on any atom is 0.0410 e. The molecule has 1 aromatic rings. The van der Waals surface area contributed by atoms with Gasteiger partial charge in [0.15, 0.2) is 0 Å². The average molecular weight is 211 g/mol. The minimum Gasteiger partial charge on any atom is -0.263 e. The molecule has 1 aliphatic rings. The molecule has 2 heteroatoms. The molecule has 1 heterocycles. The topological polar surface area (TPSA) is 12.9 Å². The van der Waals surface area contributed by atoms with E-state index in [4.69, 9.17) is 0 Å². The van der Waals surface area contributed by atoms with Gasteiger partial charge in [-0.25, -0.2) is 0 Å². The molecule has 1 nitrogen and oxygen atoms in total. The first-order valence-corrected chi connectivity index (χ1v) is 4.61. The molecule has 0 amide bonds. The summed E-state index contributed by atoms with van der Waals surface area (Å²) < 4.78 is 1.08. The highest BCUT2D eigenvalue weighted by atomic mass is 79.9. The molecule has 0 aliphatic heterocycles. The maximum absolute atomic E-state index is 4.12. The number of halogens is 1. The normalized spacial score (nSPS) is 17.9. The Labute approximate surface area is 75.0 Å². The van der Waals surface area contributed by atoms with Gasteiger partial charge in [0.2, 0.25) is 0 Å². The molecule has 0 atom stereocenters. The van der Waals surface area contributed by atoms with Gasteiger partial charge in [0.1, 0.15) is 0 Å². The van der Waals surface area contributed by atoms with E-state index in [1.807, 2.05) is 12.4 Å². The Morgan fingerprint density at radius 2 is 2.09 bits per heavy atom. The van der Waals surface area contributed by atoms with Gasteiger partial charge < -0.3 is 0 Å². The summed E-state index contributed by atoms with van der Waals surface area (Å²) in [6, 6.07) is 2.14. The van der Waals surface area contributed by atoms with Gasteiger partial charge in [0.05, 0.1) is 0 Å².